The number of aromatic nitrogens is 2. The Morgan fingerprint density at radius 3 is 2.22 bits per heavy atom. The van der Waals surface area contributed by atoms with Crippen LogP contribution in [0.4, 0.5) is 0 Å². The Balaban J connectivity index is 1.27. The van der Waals surface area contributed by atoms with E-state index in [1.165, 1.54) is 4.57 Å². The molecule has 0 atom stereocenters. The Morgan fingerprint density at radius 1 is 0.878 bits per heavy atom. The maximum absolute atomic E-state index is 13.5. The predicted octanol–water partition coefficient (Wildman–Crippen LogP) is 4.98. The van der Waals surface area contributed by atoms with E-state index >= 15 is 0 Å². The smallest absolute Gasteiger partial charge is 0.314 e. The number of benzene rings is 3. The third-order valence-corrected chi connectivity index (χ3v) is 8.13. The number of nitrogens with zero attached hydrogens (tertiary/aromatic N) is 4. The van der Waals surface area contributed by atoms with Gasteiger partial charge in [-0.1, -0.05) is 78.9 Å². The van der Waals surface area contributed by atoms with Crippen molar-refractivity contribution in [2.45, 2.75) is 56.7 Å². The molecule has 1 heterocycles. The van der Waals surface area contributed by atoms with Crippen molar-refractivity contribution >= 4 is 0 Å². The largest absolute Gasteiger partial charge is 0.331 e. The van der Waals surface area contributed by atoms with Gasteiger partial charge in [0.15, 0.2) is 0 Å². The van der Waals surface area contributed by atoms with Crippen molar-refractivity contribution in [1.82, 2.24) is 14.5 Å². The third kappa shape index (κ3) is 6.06. The lowest BCUT2D eigenvalue weighted by molar-refractivity contribution is 0.293. The Bertz CT molecular complexity index is 1690. The Hall–Kier alpha value is -4.72. The molecule has 1 aliphatic rings. The summed E-state index contributed by atoms with van der Waals surface area (Å²) in [5.41, 5.74) is 2.45. The van der Waals surface area contributed by atoms with Crippen molar-refractivity contribution in [1.29, 1.82) is 10.5 Å². The van der Waals surface area contributed by atoms with Gasteiger partial charge in [-0.05, 0) is 61.4 Å². The standard InChI is InChI=1S/C34H33N5O2/c35-22-28-14-7-8-15-31(28)34(25-36)18-16-29(17-19-34)37-20-9-21-39-32(40)30(27-12-5-2-6-13-27)24-38(33(39)41)23-26-10-3-1-4-11-26/h1-8,10-15,24,29,37H,9,16-21,23H2. The fourth-order valence-corrected chi connectivity index (χ4v) is 5.86. The van der Waals surface area contributed by atoms with Gasteiger partial charge in [-0.3, -0.25) is 13.9 Å². The van der Waals surface area contributed by atoms with E-state index in [9.17, 15) is 20.1 Å². The lowest BCUT2D eigenvalue weighted by atomic mass is 9.68. The SMILES string of the molecule is N#Cc1ccccc1C1(C#N)CCC(NCCCn2c(=O)c(-c3ccccc3)cn(Cc3ccccc3)c2=O)CC1. The molecule has 1 aromatic heterocycles. The van der Waals surface area contributed by atoms with Gasteiger partial charge in [0.2, 0.25) is 0 Å². The Morgan fingerprint density at radius 2 is 1.54 bits per heavy atom. The highest BCUT2D eigenvalue weighted by atomic mass is 16.2. The van der Waals surface area contributed by atoms with Gasteiger partial charge in [0.1, 0.15) is 0 Å². The van der Waals surface area contributed by atoms with Crippen molar-refractivity contribution in [3.8, 4) is 23.3 Å². The van der Waals surface area contributed by atoms with E-state index in [2.05, 4.69) is 17.5 Å². The highest BCUT2D eigenvalue weighted by Gasteiger charge is 2.38. The van der Waals surface area contributed by atoms with Crippen LogP contribution in [0.2, 0.25) is 0 Å². The minimum atomic E-state index is -0.639. The summed E-state index contributed by atoms with van der Waals surface area (Å²) >= 11 is 0. The molecule has 0 amide bonds. The molecule has 1 fully saturated rings. The third-order valence-electron chi connectivity index (χ3n) is 8.13. The van der Waals surface area contributed by atoms with Crippen LogP contribution < -0.4 is 16.6 Å². The molecule has 4 aromatic rings. The van der Waals surface area contributed by atoms with Gasteiger partial charge in [-0.15, -0.1) is 0 Å². The minimum Gasteiger partial charge on any atom is -0.314 e. The van der Waals surface area contributed by atoms with Crippen LogP contribution in [0.25, 0.3) is 11.1 Å². The first-order valence-electron chi connectivity index (χ1n) is 14.1. The van der Waals surface area contributed by atoms with Crippen molar-refractivity contribution in [2.24, 2.45) is 0 Å². The number of hydrogen-bond acceptors (Lipinski definition) is 5. The van der Waals surface area contributed by atoms with E-state index in [0.29, 0.717) is 50.0 Å². The van der Waals surface area contributed by atoms with Crippen LogP contribution in [-0.2, 0) is 18.5 Å². The van der Waals surface area contributed by atoms with E-state index in [-0.39, 0.29) is 17.3 Å². The fourth-order valence-electron chi connectivity index (χ4n) is 5.86. The summed E-state index contributed by atoms with van der Waals surface area (Å²) in [5, 5.41) is 23.2. The zero-order chi connectivity index (χ0) is 28.7. The summed E-state index contributed by atoms with van der Waals surface area (Å²) in [5.74, 6) is 0. The molecule has 0 radical (unpaired) electrons. The summed E-state index contributed by atoms with van der Waals surface area (Å²) < 4.78 is 2.97. The second kappa shape index (κ2) is 12.6. The molecule has 3 aromatic carbocycles. The van der Waals surface area contributed by atoms with Crippen molar-refractivity contribution < 1.29 is 0 Å². The molecular formula is C34H33N5O2. The van der Waals surface area contributed by atoms with Gasteiger partial charge < -0.3 is 5.32 Å². The molecule has 5 rings (SSSR count). The molecule has 0 saturated heterocycles. The van der Waals surface area contributed by atoms with Crippen LogP contribution in [0, 0.1) is 22.7 Å². The average molecular weight is 544 g/mol. The lowest BCUT2D eigenvalue weighted by Crippen LogP contribution is -2.42. The molecule has 41 heavy (non-hydrogen) atoms. The summed E-state index contributed by atoms with van der Waals surface area (Å²) in [4.78, 5) is 26.9. The first kappa shape index (κ1) is 27.8. The molecule has 0 unspecified atom stereocenters. The van der Waals surface area contributed by atoms with E-state index in [4.69, 9.17) is 0 Å². The van der Waals surface area contributed by atoms with Gasteiger partial charge in [0.25, 0.3) is 5.56 Å². The topological polar surface area (TPSA) is 104 Å². The van der Waals surface area contributed by atoms with Gasteiger partial charge in [-0.25, -0.2) is 4.79 Å². The van der Waals surface area contributed by atoms with Gasteiger partial charge in [-0.2, -0.15) is 10.5 Å². The zero-order valence-corrected chi connectivity index (χ0v) is 23.0. The second-order valence-electron chi connectivity index (χ2n) is 10.7. The normalized spacial score (nSPS) is 18.3. The first-order valence-corrected chi connectivity index (χ1v) is 14.1. The number of nitriles is 2. The van der Waals surface area contributed by atoms with Crippen LogP contribution >= 0.6 is 0 Å². The lowest BCUT2D eigenvalue weighted by Gasteiger charge is -2.36. The first-order chi connectivity index (χ1) is 20.0. The predicted molar refractivity (Wildman–Crippen MR) is 159 cm³/mol. The summed E-state index contributed by atoms with van der Waals surface area (Å²) in [7, 11) is 0. The maximum atomic E-state index is 13.5. The molecular weight excluding hydrogens is 510 g/mol. The van der Waals surface area contributed by atoms with Gasteiger partial charge >= 0.3 is 5.69 Å². The van der Waals surface area contributed by atoms with E-state index in [1.807, 2.05) is 78.9 Å². The van der Waals surface area contributed by atoms with Crippen molar-refractivity contribution in [3.05, 3.63) is 129 Å². The average Bonchev–Trinajstić information content (AvgIpc) is 3.03. The van der Waals surface area contributed by atoms with Crippen LogP contribution in [-0.4, -0.2) is 21.7 Å². The van der Waals surface area contributed by atoms with E-state index in [1.54, 1.807) is 16.8 Å². The van der Waals surface area contributed by atoms with Crippen LogP contribution in [0.3, 0.4) is 0 Å². The van der Waals surface area contributed by atoms with Gasteiger partial charge in [0.05, 0.1) is 35.2 Å². The highest BCUT2D eigenvalue weighted by molar-refractivity contribution is 5.61. The summed E-state index contributed by atoms with van der Waals surface area (Å²) in [6, 6.07) is 31.6. The maximum Gasteiger partial charge on any atom is 0.331 e. The molecule has 1 saturated carbocycles. The quantitative estimate of drug-likeness (QED) is 0.300. The molecule has 206 valence electrons. The molecule has 1 aliphatic carbocycles. The molecule has 0 aliphatic heterocycles. The Kier molecular flexibility index (Phi) is 8.58. The summed E-state index contributed by atoms with van der Waals surface area (Å²) in [6.07, 6.45) is 5.30. The van der Waals surface area contributed by atoms with Crippen LogP contribution in [0.15, 0.2) is 101 Å². The monoisotopic (exact) mass is 543 g/mol. The molecule has 7 nitrogen and oxygen atoms in total. The second-order valence-corrected chi connectivity index (χ2v) is 10.7. The summed E-state index contributed by atoms with van der Waals surface area (Å²) in [6.45, 7) is 1.35. The number of rotatable bonds is 9. The highest BCUT2D eigenvalue weighted by Crippen LogP contribution is 2.40. The number of nitrogens with one attached hydrogen (secondary N) is 1. The van der Waals surface area contributed by atoms with Gasteiger partial charge in [0, 0.05) is 18.8 Å². The van der Waals surface area contributed by atoms with E-state index < -0.39 is 5.41 Å². The number of hydrogen-bond donors (Lipinski definition) is 1. The fraction of sp³-hybridized carbons (Fsp3) is 0.294. The molecule has 0 spiro atoms. The minimum absolute atomic E-state index is 0.243. The van der Waals surface area contributed by atoms with Crippen LogP contribution in [0.5, 0.6) is 0 Å². The molecule has 7 heteroatoms. The molecule has 1 N–H and O–H groups in total. The molecule has 0 bridgehead atoms. The van der Waals surface area contributed by atoms with Crippen molar-refractivity contribution in [3.63, 3.8) is 0 Å². The zero-order valence-electron chi connectivity index (χ0n) is 23.0. The van der Waals surface area contributed by atoms with E-state index in [0.717, 1.165) is 29.5 Å². The van der Waals surface area contributed by atoms with Crippen molar-refractivity contribution in [2.75, 3.05) is 6.54 Å². The van der Waals surface area contributed by atoms with Crippen LogP contribution in [0.1, 0.15) is 48.8 Å². The Labute approximate surface area is 239 Å².